The molecule has 7 nitrogen and oxygen atoms in total. The Morgan fingerprint density at radius 3 is 2.68 bits per heavy atom. The smallest absolute Gasteiger partial charge is 0.339 e. The van der Waals surface area contributed by atoms with Crippen molar-refractivity contribution in [2.75, 3.05) is 6.61 Å². The van der Waals surface area contributed by atoms with Gasteiger partial charge in [0, 0.05) is 6.42 Å². The van der Waals surface area contributed by atoms with Gasteiger partial charge in [0.1, 0.15) is 11.3 Å². The average molecular weight is 268 g/mol. The molecule has 2 N–H and O–H groups in total. The first-order valence-electron chi connectivity index (χ1n) is 5.67. The summed E-state index contributed by atoms with van der Waals surface area (Å²) < 4.78 is 4.98. The van der Waals surface area contributed by atoms with E-state index in [0.717, 1.165) is 0 Å². The Bertz CT molecular complexity index is 434. The van der Waals surface area contributed by atoms with Gasteiger partial charge in [-0.3, -0.25) is 10.4 Å². The van der Waals surface area contributed by atoms with Crippen LogP contribution in [0.15, 0.2) is 24.3 Å². The highest BCUT2D eigenvalue weighted by molar-refractivity contribution is 5.91. The number of esters is 1. The Morgan fingerprint density at radius 1 is 1.26 bits per heavy atom. The van der Waals surface area contributed by atoms with E-state index in [1.165, 1.54) is 17.8 Å². The second kappa shape index (κ2) is 8.20. The van der Waals surface area contributed by atoms with E-state index in [2.05, 4.69) is 4.84 Å². The van der Waals surface area contributed by atoms with Crippen LogP contribution in [0, 0.1) is 5.21 Å². The molecule has 104 valence electrons. The fourth-order valence-electron chi connectivity index (χ4n) is 1.39. The van der Waals surface area contributed by atoms with Crippen molar-refractivity contribution >= 4 is 11.9 Å². The molecule has 0 aromatic heterocycles. The third kappa shape index (κ3) is 5.47. The van der Waals surface area contributed by atoms with Gasteiger partial charge in [-0.25, -0.2) is 4.79 Å². The lowest BCUT2D eigenvalue weighted by Crippen LogP contribution is -2.12. The molecule has 1 rings (SSSR count). The van der Waals surface area contributed by atoms with Crippen LogP contribution in [0.2, 0.25) is 0 Å². The van der Waals surface area contributed by atoms with Gasteiger partial charge in [0.15, 0.2) is 0 Å². The number of carboxylic acids is 1. The zero-order valence-electron chi connectivity index (χ0n) is 10.1. The van der Waals surface area contributed by atoms with Gasteiger partial charge in [-0.15, -0.1) is 0 Å². The number of carbonyl (C=O) groups excluding carboxylic acids is 1. The Hall–Kier alpha value is -1.96. The van der Waals surface area contributed by atoms with Gasteiger partial charge in [0.25, 0.3) is 0 Å². The summed E-state index contributed by atoms with van der Waals surface area (Å²) >= 11 is 0. The summed E-state index contributed by atoms with van der Waals surface area (Å²) in [5.74, 6) is -1.65. The Labute approximate surface area is 109 Å². The lowest BCUT2D eigenvalue weighted by atomic mass is 10.2. The lowest BCUT2D eigenvalue weighted by molar-refractivity contribution is -0.134. The largest absolute Gasteiger partial charge is 0.765 e. The number of hydrogen-bond acceptors (Lipinski definition) is 6. The second-order valence-corrected chi connectivity index (χ2v) is 3.66. The number of carboxylic acid groups (broad SMARTS) is 1. The highest BCUT2D eigenvalue weighted by atomic mass is 16.8. The van der Waals surface area contributed by atoms with Gasteiger partial charge < -0.3 is 19.9 Å². The number of unbranched alkanes of at least 4 members (excludes halogenated alkanes) is 1. The van der Waals surface area contributed by atoms with Crippen molar-refractivity contribution in [1.82, 2.24) is 5.64 Å². The molecule has 0 fully saturated rings. The van der Waals surface area contributed by atoms with Gasteiger partial charge in [-0.1, -0.05) is 12.1 Å². The van der Waals surface area contributed by atoms with Crippen LogP contribution in [-0.2, 0) is 9.63 Å². The lowest BCUT2D eigenvalue weighted by Gasteiger charge is -2.08. The van der Waals surface area contributed by atoms with E-state index in [-0.39, 0.29) is 24.3 Å². The van der Waals surface area contributed by atoms with Gasteiger partial charge in [0.05, 0.1) is 6.61 Å². The number of ether oxygens (including phenoxy) is 1. The number of rotatable bonds is 8. The highest BCUT2D eigenvalue weighted by Crippen LogP contribution is 2.18. The minimum Gasteiger partial charge on any atom is -0.765 e. The number of carbonyl (C=O) groups is 2. The number of aromatic carboxylic acids is 1. The van der Waals surface area contributed by atoms with Crippen molar-refractivity contribution in [3.05, 3.63) is 35.0 Å². The molecular weight excluding hydrogens is 254 g/mol. The standard InChI is InChI=1S/C12H14NO6/c14-11(7-3-4-8-18-13-17)19-10-6-2-1-5-9(10)12(15)16/h1-2,5-6,13H,3-4,7-8H2,(H,15,16)/q-1. The van der Waals surface area contributed by atoms with Crippen LogP contribution in [0.1, 0.15) is 29.6 Å². The molecule has 0 aliphatic heterocycles. The molecule has 19 heavy (non-hydrogen) atoms. The Morgan fingerprint density at radius 2 is 2.00 bits per heavy atom. The Balaban J connectivity index is 2.42. The maximum Gasteiger partial charge on any atom is 0.339 e. The third-order valence-electron chi connectivity index (χ3n) is 2.28. The molecule has 0 spiro atoms. The molecule has 0 heterocycles. The van der Waals surface area contributed by atoms with E-state index in [1.54, 1.807) is 12.1 Å². The fourth-order valence-corrected chi connectivity index (χ4v) is 1.39. The van der Waals surface area contributed by atoms with Crippen molar-refractivity contribution < 1.29 is 24.3 Å². The van der Waals surface area contributed by atoms with Crippen LogP contribution in [0.5, 0.6) is 5.75 Å². The summed E-state index contributed by atoms with van der Waals surface area (Å²) in [6.45, 7) is 0.197. The molecule has 0 saturated carbocycles. The molecule has 1 aromatic rings. The highest BCUT2D eigenvalue weighted by Gasteiger charge is 2.13. The van der Waals surface area contributed by atoms with Gasteiger partial charge >= 0.3 is 11.9 Å². The maximum absolute atomic E-state index is 11.5. The van der Waals surface area contributed by atoms with Crippen molar-refractivity contribution in [1.29, 1.82) is 0 Å². The first-order chi connectivity index (χ1) is 9.15. The summed E-state index contributed by atoms with van der Waals surface area (Å²) in [6.07, 6.45) is 1.12. The van der Waals surface area contributed by atoms with Crippen LogP contribution in [-0.4, -0.2) is 23.7 Å². The van der Waals surface area contributed by atoms with Gasteiger partial charge in [0.2, 0.25) is 0 Å². The molecular formula is C12H14NO6-. The molecule has 0 aliphatic carbocycles. The summed E-state index contributed by atoms with van der Waals surface area (Å²) in [5, 5.41) is 18.7. The molecule has 0 atom stereocenters. The van der Waals surface area contributed by atoms with Gasteiger partial charge in [-0.2, -0.15) is 0 Å². The summed E-state index contributed by atoms with van der Waals surface area (Å²) in [4.78, 5) is 26.7. The molecule has 7 heteroatoms. The molecule has 0 aliphatic rings. The van der Waals surface area contributed by atoms with Crippen molar-refractivity contribution in [2.45, 2.75) is 19.3 Å². The van der Waals surface area contributed by atoms with Crippen molar-refractivity contribution in [3.63, 3.8) is 0 Å². The van der Waals surface area contributed by atoms with Crippen LogP contribution < -0.4 is 10.4 Å². The van der Waals surface area contributed by atoms with E-state index in [0.29, 0.717) is 12.8 Å². The van der Waals surface area contributed by atoms with Crippen LogP contribution in [0.4, 0.5) is 0 Å². The summed E-state index contributed by atoms with van der Waals surface area (Å²) in [6, 6.07) is 5.92. The SMILES string of the molecule is O=C(CCCCON[O-])Oc1ccccc1C(=O)O. The first-order valence-corrected chi connectivity index (χ1v) is 5.67. The first kappa shape index (κ1) is 15.1. The van der Waals surface area contributed by atoms with Crippen LogP contribution in [0.3, 0.4) is 0 Å². The van der Waals surface area contributed by atoms with Crippen molar-refractivity contribution in [2.24, 2.45) is 0 Å². The number of para-hydroxylation sites is 1. The quantitative estimate of drug-likeness (QED) is 0.318. The predicted molar refractivity (Wildman–Crippen MR) is 65.3 cm³/mol. The topological polar surface area (TPSA) is 108 Å². The van der Waals surface area contributed by atoms with E-state index in [9.17, 15) is 14.8 Å². The minimum atomic E-state index is -1.15. The zero-order chi connectivity index (χ0) is 14.1. The molecule has 0 unspecified atom stereocenters. The van der Waals surface area contributed by atoms with Crippen LogP contribution >= 0.6 is 0 Å². The molecule has 0 amide bonds. The normalized spacial score (nSPS) is 10.2. The fraction of sp³-hybridized carbons (Fsp3) is 0.333. The molecule has 1 aromatic carbocycles. The van der Waals surface area contributed by atoms with Crippen molar-refractivity contribution in [3.8, 4) is 5.75 Å². The molecule has 0 radical (unpaired) electrons. The predicted octanol–water partition coefficient (Wildman–Crippen LogP) is 1.48. The summed E-state index contributed by atoms with van der Waals surface area (Å²) in [5.41, 5.74) is 1.22. The summed E-state index contributed by atoms with van der Waals surface area (Å²) in [7, 11) is 0. The number of nitrogens with one attached hydrogen (secondary N) is 1. The Kier molecular flexibility index (Phi) is 6.51. The van der Waals surface area contributed by atoms with E-state index in [4.69, 9.17) is 9.84 Å². The minimum absolute atomic E-state index is 0.0254. The maximum atomic E-state index is 11.5. The zero-order valence-corrected chi connectivity index (χ0v) is 10.1. The molecule has 0 saturated heterocycles. The number of hydrogen-bond donors (Lipinski definition) is 2. The average Bonchev–Trinajstić information content (AvgIpc) is 2.39. The molecule has 0 bridgehead atoms. The van der Waals surface area contributed by atoms with Crippen LogP contribution in [0.25, 0.3) is 0 Å². The van der Waals surface area contributed by atoms with E-state index in [1.807, 2.05) is 0 Å². The van der Waals surface area contributed by atoms with E-state index >= 15 is 0 Å². The van der Waals surface area contributed by atoms with E-state index < -0.39 is 11.9 Å². The second-order valence-electron chi connectivity index (χ2n) is 3.66. The number of benzene rings is 1. The monoisotopic (exact) mass is 268 g/mol. The third-order valence-corrected chi connectivity index (χ3v) is 2.28. The van der Waals surface area contributed by atoms with Gasteiger partial charge in [-0.05, 0) is 25.0 Å².